The summed E-state index contributed by atoms with van der Waals surface area (Å²) >= 11 is 0. The summed E-state index contributed by atoms with van der Waals surface area (Å²) in [5.41, 5.74) is 0.691. The van der Waals surface area contributed by atoms with Gasteiger partial charge in [-0.3, -0.25) is 9.59 Å². The van der Waals surface area contributed by atoms with Crippen molar-refractivity contribution < 1.29 is 32.3 Å². The molecule has 0 aromatic heterocycles. The molecule has 2 heterocycles. The summed E-state index contributed by atoms with van der Waals surface area (Å²) in [6, 6.07) is 4.42. The Morgan fingerprint density at radius 2 is 1.71 bits per heavy atom. The lowest BCUT2D eigenvalue weighted by atomic mass is 9.96. The van der Waals surface area contributed by atoms with E-state index in [9.17, 15) is 22.8 Å². The van der Waals surface area contributed by atoms with E-state index in [0.717, 1.165) is 19.3 Å². The van der Waals surface area contributed by atoms with Crippen molar-refractivity contribution in [3.05, 3.63) is 29.3 Å². The van der Waals surface area contributed by atoms with Gasteiger partial charge in [0.25, 0.3) is 5.91 Å². The van der Waals surface area contributed by atoms with E-state index in [1.165, 1.54) is 23.4 Å². The molecular weight excluding hydrogens is 460 g/mol. The fourth-order valence-electron chi connectivity index (χ4n) is 4.36. The third-order valence-electron chi connectivity index (χ3n) is 6.44. The minimum Gasteiger partial charge on any atom is -0.466 e. The number of benzene rings is 1. The Balaban J connectivity index is 1.64. The number of carbonyl (C=O) groups is 3. The van der Waals surface area contributed by atoms with Crippen LogP contribution in [-0.4, -0.2) is 74.4 Å². The summed E-state index contributed by atoms with van der Waals surface area (Å²) in [7, 11) is -3.70. The summed E-state index contributed by atoms with van der Waals surface area (Å²) in [5.74, 6) is -1.56. The van der Waals surface area contributed by atoms with Gasteiger partial charge in [-0.2, -0.15) is 4.31 Å². The summed E-state index contributed by atoms with van der Waals surface area (Å²) in [6.45, 7) is 6.97. The van der Waals surface area contributed by atoms with Gasteiger partial charge in [-0.05, 0) is 64.2 Å². The molecule has 0 radical (unpaired) electrons. The van der Waals surface area contributed by atoms with Crippen molar-refractivity contribution in [3.63, 3.8) is 0 Å². The molecule has 2 fully saturated rings. The molecule has 34 heavy (non-hydrogen) atoms. The Morgan fingerprint density at radius 3 is 2.32 bits per heavy atom. The lowest BCUT2D eigenvalue weighted by Crippen LogP contribution is -2.45. The number of sulfonamides is 1. The first-order valence-electron chi connectivity index (χ1n) is 11.9. The number of carbonyl (C=O) groups excluding carboxylic acids is 3. The third-order valence-corrected chi connectivity index (χ3v) is 8.33. The van der Waals surface area contributed by atoms with E-state index in [1.807, 2.05) is 0 Å². The maximum Gasteiger partial charge on any atom is 0.339 e. The Kier molecular flexibility index (Phi) is 8.70. The van der Waals surface area contributed by atoms with Crippen molar-refractivity contribution in [1.29, 1.82) is 0 Å². The minimum absolute atomic E-state index is 0.0481. The average molecular weight is 495 g/mol. The van der Waals surface area contributed by atoms with Crippen molar-refractivity contribution in [1.82, 2.24) is 9.21 Å². The smallest absolute Gasteiger partial charge is 0.339 e. The number of hydrogen-bond donors (Lipinski definition) is 0. The summed E-state index contributed by atoms with van der Waals surface area (Å²) in [4.78, 5) is 39.2. The molecule has 0 unspecified atom stereocenters. The molecule has 0 bridgehead atoms. The molecule has 10 heteroatoms. The normalized spacial score (nSPS) is 18.9. The zero-order chi connectivity index (χ0) is 24.9. The van der Waals surface area contributed by atoms with E-state index in [-0.39, 0.29) is 28.3 Å². The van der Waals surface area contributed by atoms with Crippen LogP contribution >= 0.6 is 0 Å². The molecule has 0 saturated carbocycles. The number of nitrogens with zero attached hydrogens (tertiary/aromatic N) is 2. The van der Waals surface area contributed by atoms with E-state index in [0.29, 0.717) is 51.2 Å². The number of amides is 1. The van der Waals surface area contributed by atoms with Gasteiger partial charge < -0.3 is 14.4 Å². The van der Waals surface area contributed by atoms with Gasteiger partial charge in [-0.25, -0.2) is 13.2 Å². The molecule has 3 rings (SSSR count). The first-order valence-corrected chi connectivity index (χ1v) is 13.4. The number of likely N-dealkylation sites (tertiary alicyclic amines) is 1. The molecule has 0 aliphatic carbocycles. The van der Waals surface area contributed by atoms with Gasteiger partial charge in [-0.1, -0.05) is 12.5 Å². The average Bonchev–Trinajstić information content (AvgIpc) is 2.84. The molecule has 1 aromatic carbocycles. The monoisotopic (exact) mass is 494 g/mol. The largest absolute Gasteiger partial charge is 0.466 e. The number of ether oxygens (including phenoxy) is 2. The molecule has 2 aliphatic heterocycles. The number of aryl methyl sites for hydroxylation is 1. The van der Waals surface area contributed by atoms with Crippen LogP contribution in [0.5, 0.6) is 0 Å². The van der Waals surface area contributed by atoms with Crippen LogP contribution in [0, 0.1) is 12.8 Å². The van der Waals surface area contributed by atoms with E-state index < -0.39 is 22.1 Å². The fraction of sp³-hybridized carbons (Fsp3) is 0.625. The van der Waals surface area contributed by atoms with Crippen LogP contribution in [0.2, 0.25) is 0 Å². The standard InChI is InChI=1S/C24H34N2O7S/c1-4-32-23(28)19-10-14-25(15-11-19)22(27)18(3)33-24(29)21-16-20(9-8-17(21)2)34(30,31)26-12-6-5-7-13-26/h8-9,16,18-19H,4-7,10-15H2,1-3H3/t18-/m0/s1. The highest BCUT2D eigenvalue weighted by Gasteiger charge is 2.32. The van der Waals surface area contributed by atoms with Gasteiger partial charge in [-0.15, -0.1) is 0 Å². The van der Waals surface area contributed by atoms with Gasteiger partial charge in [0.05, 0.1) is 23.0 Å². The zero-order valence-corrected chi connectivity index (χ0v) is 20.9. The molecule has 0 spiro atoms. The molecule has 188 valence electrons. The Morgan fingerprint density at radius 1 is 1.06 bits per heavy atom. The maximum atomic E-state index is 13.0. The van der Waals surface area contributed by atoms with Crippen molar-refractivity contribution in [2.75, 3.05) is 32.8 Å². The molecule has 1 aromatic rings. The molecule has 1 atom stereocenters. The van der Waals surface area contributed by atoms with Crippen LogP contribution in [0.1, 0.15) is 61.9 Å². The van der Waals surface area contributed by atoms with Crippen LogP contribution in [-0.2, 0) is 29.1 Å². The third kappa shape index (κ3) is 5.96. The highest BCUT2D eigenvalue weighted by atomic mass is 32.2. The van der Waals surface area contributed by atoms with Crippen LogP contribution in [0.4, 0.5) is 0 Å². The predicted molar refractivity (Wildman–Crippen MR) is 125 cm³/mol. The zero-order valence-electron chi connectivity index (χ0n) is 20.1. The second kappa shape index (κ2) is 11.3. The summed E-state index contributed by atoms with van der Waals surface area (Å²) < 4.78 is 37.9. The quantitative estimate of drug-likeness (QED) is 0.536. The Hall–Kier alpha value is -2.46. The second-order valence-corrected chi connectivity index (χ2v) is 10.8. The van der Waals surface area contributed by atoms with Crippen LogP contribution in [0.15, 0.2) is 23.1 Å². The number of hydrogen-bond acceptors (Lipinski definition) is 7. The van der Waals surface area contributed by atoms with Gasteiger partial charge in [0, 0.05) is 26.2 Å². The maximum absolute atomic E-state index is 13.0. The van der Waals surface area contributed by atoms with Crippen molar-refractivity contribution in [3.8, 4) is 0 Å². The van der Waals surface area contributed by atoms with Crippen LogP contribution in [0.25, 0.3) is 0 Å². The molecule has 2 saturated heterocycles. The van der Waals surface area contributed by atoms with Gasteiger partial charge in [0.1, 0.15) is 0 Å². The first kappa shape index (κ1) is 26.2. The van der Waals surface area contributed by atoms with E-state index in [2.05, 4.69) is 0 Å². The lowest BCUT2D eigenvalue weighted by Gasteiger charge is -2.32. The molecule has 2 aliphatic rings. The molecule has 1 amide bonds. The SMILES string of the molecule is CCOC(=O)C1CCN(C(=O)[C@H](C)OC(=O)c2cc(S(=O)(=O)N3CCCCC3)ccc2C)CC1. The lowest BCUT2D eigenvalue weighted by molar-refractivity contribution is -0.152. The highest BCUT2D eigenvalue weighted by molar-refractivity contribution is 7.89. The van der Waals surface area contributed by atoms with Gasteiger partial charge in [0.2, 0.25) is 10.0 Å². The van der Waals surface area contributed by atoms with Crippen molar-refractivity contribution >= 4 is 27.9 Å². The number of rotatable bonds is 7. The molecular formula is C24H34N2O7S. The first-order chi connectivity index (χ1) is 16.1. The van der Waals surface area contributed by atoms with Gasteiger partial charge in [0.15, 0.2) is 6.10 Å². The fourth-order valence-corrected chi connectivity index (χ4v) is 5.91. The van der Waals surface area contributed by atoms with Crippen molar-refractivity contribution in [2.24, 2.45) is 5.92 Å². The Bertz CT molecular complexity index is 1010. The molecule has 0 N–H and O–H groups in total. The predicted octanol–water partition coefficient (Wildman–Crippen LogP) is 2.52. The Labute approximate surface area is 201 Å². The second-order valence-electron chi connectivity index (χ2n) is 8.84. The number of esters is 2. The minimum atomic E-state index is -3.70. The van der Waals surface area contributed by atoms with E-state index in [4.69, 9.17) is 9.47 Å². The van der Waals surface area contributed by atoms with Gasteiger partial charge >= 0.3 is 11.9 Å². The molecule has 9 nitrogen and oxygen atoms in total. The van der Waals surface area contributed by atoms with Crippen LogP contribution in [0.3, 0.4) is 0 Å². The highest BCUT2D eigenvalue weighted by Crippen LogP contribution is 2.24. The number of piperidine rings is 2. The topological polar surface area (TPSA) is 110 Å². The van der Waals surface area contributed by atoms with Crippen molar-refractivity contribution in [2.45, 2.75) is 63.9 Å². The van der Waals surface area contributed by atoms with E-state index >= 15 is 0 Å². The van der Waals surface area contributed by atoms with E-state index in [1.54, 1.807) is 24.8 Å². The summed E-state index contributed by atoms with van der Waals surface area (Å²) in [6.07, 6.45) is 2.60. The van der Waals surface area contributed by atoms with Crippen LogP contribution < -0.4 is 0 Å². The summed E-state index contributed by atoms with van der Waals surface area (Å²) in [5, 5.41) is 0.